The number of likely N-dealkylation sites (tertiary alicyclic amines) is 1. The Morgan fingerprint density at radius 1 is 1.33 bits per heavy atom. The summed E-state index contributed by atoms with van der Waals surface area (Å²) in [6.45, 7) is 4.21. The van der Waals surface area contributed by atoms with E-state index in [0.29, 0.717) is 19.4 Å². The summed E-state index contributed by atoms with van der Waals surface area (Å²) in [5.41, 5.74) is 2.41. The monoisotopic (exact) mass is 345 g/mol. The predicted octanol–water partition coefficient (Wildman–Crippen LogP) is 4.03. The van der Waals surface area contributed by atoms with E-state index in [-0.39, 0.29) is 12.0 Å². The van der Waals surface area contributed by atoms with E-state index in [0.717, 1.165) is 24.4 Å². The number of hydrogen-bond donors (Lipinski definition) is 1. The number of nitrogens with zero attached hydrogens (tertiary/aromatic N) is 1. The van der Waals surface area contributed by atoms with Crippen LogP contribution >= 0.6 is 11.3 Å². The van der Waals surface area contributed by atoms with E-state index < -0.39 is 5.97 Å². The smallest absolute Gasteiger partial charge is 0.306 e. The molecule has 1 fully saturated rings. The number of rotatable bonds is 6. The molecule has 0 aliphatic carbocycles. The molecule has 1 saturated heterocycles. The lowest BCUT2D eigenvalue weighted by Gasteiger charge is -2.37. The van der Waals surface area contributed by atoms with Crippen LogP contribution in [0, 0.1) is 5.92 Å². The molecule has 4 nitrogen and oxygen atoms in total. The lowest BCUT2D eigenvalue weighted by Crippen LogP contribution is -2.39. The number of para-hydroxylation sites is 1. The highest BCUT2D eigenvalue weighted by Gasteiger charge is 2.31. The second-order valence-corrected chi connectivity index (χ2v) is 6.86. The van der Waals surface area contributed by atoms with Crippen LogP contribution < -0.4 is 4.74 Å². The summed E-state index contributed by atoms with van der Waals surface area (Å²) in [6.07, 6.45) is 1.40. The van der Waals surface area contributed by atoms with Gasteiger partial charge in [0, 0.05) is 5.56 Å². The van der Waals surface area contributed by atoms with Gasteiger partial charge in [0.1, 0.15) is 5.75 Å². The number of carboxylic acids is 1. The highest BCUT2D eigenvalue weighted by atomic mass is 32.1. The summed E-state index contributed by atoms with van der Waals surface area (Å²) >= 11 is 1.69. The van der Waals surface area contributed by atoms with Gasteiger partial charge in [0.25, 0.3) is 0 Å². The Kier molecular flexibility index (Phi) is 5.53. The number of hydrogen-bond acceptors (Lipinski definition) is 4. The molecule has 1 N–H and O–H groups in total. The van der Waals surface area contributed by atoms with Crippen LogP contribution in [0.5, 0.6) is 5.75 Å². The van der Waals surface area contributed by atoms with Gasteiger partial charge >= 0.3 is 5.97 Å². The zero-order chi connectivity index (χ0) is 16.9. The molecule has 0 radical (unpaired) electrons. The fraction of sp³-hybridized carbons (Fsp3) is 0.421. The maximum Gasteiger partial charge on any atom is 0.306 e. The molecule has 1 aliphatic rings. The van der Waals surface area contributed by atoms with Crippen LogP contribution in [0.1, 0.15) is 36.9 Å². The second kappa shape index (κ2) is 7.81. The summed E-state index contributed by atoms with van der Waals surface area (Å²) in [4.78, 5) is 13.6. The molecule has 1 aromatic carbocycles. The Hall–Kier alpha value is -1.85. The first-order valence-electron chi connectivity index (χ1n) is 8.41. The second-order valence-electron chi connectivity index (χ2n) is 6.08. The minimum Gasteiger partial charge on any atom is -0.494 e. The summed E-state index contributed by atoms with van der Waals surface area (Å²) < 4.78 is 5.85. The van der Waals surface area contributed by atoms with Crippen molar-refractivity contribution in [1.82, 2.24) is 4.90 Å². The highest BCUT2D eigenvalue weighted by Crippen LogP contribution is 2.37. The van der Waals surface area contributed by atoms with Crippen LogP contribution in [0.25, 0.3) is 0 Å². The van der Waals surface area contributed by atoms with Gasteiger partial charge in [-0.15, -0.1) is 0 Å². The lowest BCUT2D eigenvalue weighted by molar-refractivity contribution is -0.143. The molecule has 2 aromatic rings. The van der Waals surface area contributed by atoms with Gasteiger partial charge in [-0.2, -0.15) is 11.3 Å². The number of carbonyl (C=O) groups is 1. The first-order valence-corrected chi connectivity index (χ1v) is 9.35. The summed E-state index contributed by atoms with van der Waals surface area (Å²) in [7, 11) is 0. The Morgan fingerprint density at radius 3 is 2.71 bits per heavy atom. The van der Waals surface area contributed by atoms with Crippen LogP contribution in [0.15, 0.2) is 41.1 Å². The number of thiophene rings is 1. The molecule has 0 amide bonds. The third-order valence-electron chi connectivity index (χ3n) is 4.62. The van der Waals surface area contributed by atoms with Crippen molar-refractivity contribution in [2.24, 2.45) is 5.92 Å². The van der Waals surface area contributed by atoms with Gasteiger partial charge in [-0.25, -0.2) is 0 Å². The number of piperidine rings is 1. The van der Waals surface area contributed by atoms with Gasteiger partial charge in [0.2, 0.25) is 0 Å². The molecular formula is C19H23NO3S. The number of carboxylic acid groups (broad SMARTS) is 1. The maximum atomic E-state index is 11.2. The van der Waals surface area contributed by atoms with Crippen molar-refractivity contribution in [3.8, 4) is 5.75 Å². The van der Waals surface area contributed by atoms with Crippen molar-refractivity contribution < 1.29 is 14.6 Å². The highest BCUT2D eigenvalue weighted by molar-refractivity contribution is 7.08. The summed E-state index contributed by atoms with van der Waals surface area (Å²) in [5.74, 6) is 0.0273. The van der Waals surface area contributed by atoms with E-state index in [9.17, 15) is 9.90 Å². The average Bonchev–Trinajstić information content (AvgIpc) is 3.11. The van der Waals surface area contributed by atoms with Gasteiger partial charge in [-0.05, 0) is 61.3 Å². The van der Waals surface area contributed by atoms with Crippen molar-refractivity contribution in [2.45, 2.75) is 25.8 Å². The minimum atomic E-state index is -0.670. The van der Waals surface area contributed by atoms with Crippen molar-refractivity contribution in [1.29, 1.82) is 0 Å². The van der Waals surface area contributed by atoms with Crippen LogP contribution in [0.4, 0.5) is 0 Å². The van der Waals surface area contributed by atoms with E-state index in [1.54, 1.807) is 11.3 Å². The average molecular weight is 345 g/mol. The van der Waals surface area contributed by atoms with E-state index in [4.69, 9.17) is 4.74 Å². The Labute approximate surface area is 146 Å². The van der Waals surface area contributed by atoms with Crippen LogP contribution in [-0.4, -0.2) is 35.7 Å². The van der Waals surface area contributed by atoms with Crippen molar-refractivity contribution >= 4 is 17.3 Å². The fourth-order valence-corrected chi connectivity index (χ4v) is 4.09. The van der Waals surface area contributed by atoms with Gasteiger partial charge in [-0.1, -0.05) is 18.2 Å². The Morgan fingerprint density at radius 2 is 2.08 bits per heavy atom. The van der Waals surface area contributed by atoms with E-state index >= 15 is 0 Å². The third kappa shape index (κ3) is 3.62. The summed E-state index contributed by atoms with van der Waals surface area (Å²) in [5, 5.41) is 13.5. The van der Waals surface area contributed by atoms with E-state index in [1.165, 1.54) is 5.56 Å². The zero-order valence-corrected chi connectivity index (χ0v) is 14.7. The van der Waals surface area contributed by atoms with E-state index in [1.807, 2.05) is 25.1 Å². The lowest BCUT2D eigenvalue weighted by atomic mass is 9.92. The third-order valence-corrected chi connectivity index (χ3v) is 5.32. The first kappa shape index (κ1) is 17.0. The zero-order valence-electron chi connectivity index (χ0n) is 13.9. The van der Waals surface area contributed by atoms with Gasteiger partial charge in [0.05, 0.1) is 18.6 Å². The molecule has 5 heteroatoms. The molecule has 2 heterocycles. The number of aliphatic carboxylic acids is 1. The number of ether oxygens (including phenoxy) is 1. The molecule has 0 saturated carbocycles. The van der Waals surface area contributed by atoms with Gasteiger partial charge in [-0.3, -0.25) is 9.69 Å². The largest absolute Gasteiger partial charge is 0.494 e. The van der Waals surface area contributed by atoms with Gasteiger partial charge in [0.15, 0.2) is 0 Å². The Balaban J connectivity index is 1.90. The molecule has 1 aromatic heterocycles. The van der Waals surface area contributed by atoms with Crippen molar-refractivity contribution in [3.05, 3.63) is 52.2 Å². The predicted molar refractivity (Wildman–Crippen MR) is 95.7 cm³/mol. The van der Waals surface area contributed by atoms with Crippen molar-refractivity contribution in [2.75, 3.05) is 19.7 Å². The summed E-state index contributed by atoms with van der Waals surface area (Å²) in [6, 6.07) is 10.4. The molecular weight excluding hydrogens is 322 g/mol. The minimum absolute atomic E-state index is 0.119. The molecule has 1 aliphatic heterocycles. The maximum absolute atomic E-state index is 11.2. The standard InChI is InChI=1S/C19H23NO3S/c1-2-23-17-6-4-3-5-16(17)18(15-9-12-24-13-15)20-10-7-14(8-11-20)19(21)22/h3-6,9,12-14,18H,2,7-8,10-11H2,1H3,(H,21,22). The van der Waals surface area contributed by atoms with Gasteiger partial charge < -0.3 is 9.84 Å². The van der Waals surface area contributed by atoms with Crippen LogP contribution in [0.2, 0.25) is 0 Å². The molecule has 24 heavy (non-hydrogen) atoms. The Bertz CT molecular complexity index is 663. The molecule has 1 unspecified atom stereocenters. The SMILES string of the molecule is CCOc1ccccc1C(c1ccsc1)N1CCC(C(=O)O)CC1. The molecule has 0 bridgehead atoms. The topological polar surface area (TPSA) is 49.8 Å². The van der Waals surface area contributed by atoms with Crippen LogP contribution in [-0.2, 0) is 4.79 Å². The normalized spacial score (nSPS) is 17.5. The fourth-order valence-electron chi connectivity index (χ4n) is 3.42. The van der Waals surface area contributed by atoms with Crippen LogP contribution in [0.3, 0.4) is 0 Å². The van der Waals surface area contributed by atoms with E-state index in [2.05, 4.69) is 27.8 Å². The first-order chi connectivity index (χ1) is 11.7. The number of benzene rings is 1. The molecule has 0 spiro atoms. The molecule has 128 valence electrons. The van der Waals surface area contributed by atoms with Crippen molar-refractivity contribution in [3.63, 3.8) is 0 Å². The quantitative estimate of drug-likeness (QED) is 0.859. The molecule has 1 atom stereocenters. The molecule has 3 rings (SSSR count).